The van der Waals surface area contributed by atoms with E-state index >= 15 is 0 Å². The molecular weight excluding hydrogens is 478 g/mol. The van der Waals surface area contributed by atoms with E-state index in [-0.39, 0.29) is 46.5 Å². The fraction of sp³-hybridized carbons (Fsp3) is 0.444. The number of carbonyl (C=O) groups excluding carboxylic acids is 2. The minimum Gasteiger partial charge on any atom is -0.465 e. The van der Waals surface area contributed by atoms with Crippen LogP contribution in [0.5, 0.6) is 0 Å². The molecule has 2 aromatic rings. The Morgan fingerprint density at radius 1 is 1.25 bits per heavy atom. The molecule has 1 fully saturated rings. The van der Waals surface area contributed by atoms with E-state index in [4.69, 9.17) is 28.3 Å². The Morgan fingerprint density at radius 3 is 2.47 bits per heavy atom. The molecule has 1 saturated heterocycles. The van der Waals surface area contributed by atoms with Crippen LogP contribution in [0.2, 0.25) is 10.0 Å². The minimum absolute atomic E-state index is 0.0474. The topological polar surface area (TPSA) is 117 Å². The Labute approximate surface area is 188 Å². The number of imidazole rings is 1. The molecule has 1 aromatic heterocycles. The van der Waals surface area contributed by atoms with Crippen LogP contribution in [0.4, 0.5) is 23.9 Å². The van der Waals surface area contributed by atoms with Gasteiger partial charge in [-0.15, -0.1) is 0 Å². The third-order valence-corrected chi connectivity index (χ3v) is 6.40. The molecule has 0 radical (unpaired) electrons. The molecule has 0 spiro atoms. The van der Waals surface area contributed by atoms with Crippen LogP contribution in [-0.2, 0) is 15.3 Å². The summed E-state index contributed by atoms with van der Waals surface area (Å²) >= 11 is 11.9. The number of alkyl halides is 3. The second-order valence-electron chi connectivity index (χ2n) is 7.65. The highest BCUT2D eigenvalue weighted by Gasteiger charge is 2.67. The maximum absolute atomic E-state index is 14.4. The highest BCUT2D eigenvalue weighted by Crippen LogP contribution is 2.45. The number of hydrogen-bond acceptors (Lipinski definition) is 4. The first-order valence-electron chi connectivity index (χ1n) is 9.49. The van der Waals surface area contributed by atoms with Crippen molar-refractivity contribution < 1.29 is 32.7 Å². The number of amides is 3. The van der Waals surface area contributed by atoms with E-state index in [1.54, 1.807) is 0 Å². The third-order valence-electron chi connectivity index (χ3n) is 5.68. The number of nitrogens with one attached hydrogen (secondary N) is 2. The number of aromatic nitrogens is 2. The van der Waals surface area contributed by atoms with Gasteiger partial charge in [0.15, 0.2) is 0 Å². The van der Waals surface area contributed by atoms with Crippen molar-refractivity contribution in [3.05, 3.63) is 22.2 Å². The van der Waals surface area contributed by atoms with E-state index in [0.717, 1.165) is 6.07 Å². The van der Waals surface area contributed by atoms with Crippen molar-refractivity contribution in [3.63, 3.8) is 0 Å². The SMILES string of the molecule is O=C(CC1CCN(C(=O)O)CC1)NC1(C(F)(F)F)C(=O)Nc2nc3cc(Cl)c(Cl)cc3n21. The lowest BCUT2D eigenvalue weighted by atomic mass is 9.93. The number of anilines is 1. The van der Waals surface area contributed by atoms with Gasteiger partial charge >= 0.3 is 12.3 Å². The summed E-state index contributed by atoms with van der Waals surface area (Å²) < 4.78 is 43.6. The molecule has 0 saturated carbocycles. The van der Waals surface area contributed by atoms with Gasteiger partial charge in [-0.05, 0) is 30.9 Å². The highest BCUT2D eigenvalue weighted by molar-refractivity contribution is 6.42. The predicted molar refractivity (Wildman–Crippen MR) is 107 cm³/mol. The molecule has 0 aliphatic carbocycles. The summed E-state index contributed by atoms with van der Waals surface area (Å²) in [5.74, 6) is -3.24. The maximum Gasteiger partial charge on any atom is 0.440 e. The molecule has 14 heteroatoms. The van der Waals surface area contributed by atoms with Gasteiger partial charge < -0.3 is 15.3 Å². The van der Waals surface area contributed by atoms with Crippen molar-refractivity contribution in [2.24, 2.45) is 5.92 Å². The van der Waals surface area contributed by atoms with E-state index in [2.05, 4.69) is 10.3 Å². The molecule has 9 nitrogen and oxygen atoms in total. The lowest BCUT2D eigenvalue weighted by molar-refractivity contribution is -0.217. The van der Waals surface area contributed by atoms with Crippen LogP contribution < -0.4 is 10.6 Å². The van der Waals surface area contributed by atoms with Gasteiger partial charge in [-0.2, -0.15) is 13.2 Å². The van der Waals surface area contributed by atoms with Crippen molar-refractivity contribution in [2.75, 3.05) is 18.4 Å². The molecule has 3 heterocycles. The monoisotopic (exact) mass is 493 g/mol. The Morgan fingerprint density at radius 2 is 1.88 bits per heavy atom. The van der Waals surface area contributed by atoms with Crippen LogP contribution in [0, 0.1) is 5.92 Å². The summed E-state index contributed by atoms with van der Waals surface area (Å²) in [5.41, 5.74) is -3.51. The number of carboxylic acid groups (broad SMARTS) is 1. The molecular formula is C18H16Cl2F3N5O4. The maximum atomic E-state index is 14.4. The first-order chi connectivity index (χ1) is 14.9. The third kappa shape index (κ3) is 3.51. The number of fused-ring (bicyclic) bond motifs is 3. The lowest BCUT2D eigenvalue weighted by Crippen LogP contribution is -2.63. The van der Waals surface area contributed by atoms with E-state index in [0.29, 0.717) is 17.4 Å². The van der Waals surface area contributed by atoms with E-state index in [1.165, 1.54) is 11.0 Å². The lowest BCUT2D eigenvalue weighted by Gasteiger charge is -2.33. The van der Waals surface area contributed by atoms with Gasteiger partial charge in [-0.1, -0.05) is 23.2 Å². The molecule has 172 valence electrons. The summed E-state index contributed by atoms with van der Waals surface area (Å²) in [6, 6.07) is 2.40. The van der Waals surface area contributed by atoms with E-state index in [9.17, 15) is 27.6 Å². The van der Waals surface area contributed by atoms with Crippen LogP contribution in [-0.4, -0.2) is 56.7 Å². The first kappa shape index (κ1) is 22.5. The van der Waals surface area contributed by atoms with Crippen molar-refractivity contribution in [1.29, 1.82) is 0 Å². The predicted octanol–water partition coefficient (Wildman–Crippen LogP) is 3.41. The average molecular weight is 494 g/mol. The second-order valence-corrected chi connectivity index (χ2v) is 8.47. The number of carbonyl (C=O) groups is 3. The number of likely N-dealkylation sites (tertiary alicyclic amines) is 1. The highest BCUT2D eigenvalue weighted by atomic mass is 35.5. The average Bonchev–Trinajstić information content (AvgIpc) is 3.16. The Kier molecular flexibility index (Phi) is 5.40. The molecule has 2 aliphatic rings. The molecule has 2 aliphatic heterocycles. The molecule has 1 aromatic carbocycles. The number of rotatable bonds is 3. The van der Waals surface area contributed by atoms with Gasteiger partial charge in [0.05, 0.1) is 21.1 Å². The smallest absolute Gasteiger partial charge is 0.440 e. The summed E-state index contributed by atoms with van der Waals surface area (Å²) in [4.78, 5) is 41.4. The Bertz CT molecular complexity index is 1130. The van der Waals surface area contributed by atoms with Gasteiger partial charge in [0.1, 0.15) is 0 Å². The van der Waals surface area contributed by atoms with Gasteiger partial charge in [0, 0.05) is 19.5 Å². The van der Waals surface area contributed by atoms with Crippen LogP contribution in [0.25, 0.3) is 11.0 Å². The van der Waals surface area contributed by atoms with Crippen LogP contribution >= 0.6 is 23.2 Å². The molecule has 1 unspecified atom stereocenters. The minimum atomic E-state index is -5.22. The van der Waals surface area contributed by atoms with Gasteiger partial charge in [0.25, 0.3) is 11.6 Å². The fourth-order valence-electron chi connectivity index (χ4n) is 4.07. The second kappa shape index (κ2) is 7.69. The number of benzene rings is 1. The van der Waals surface area contributed by atoms with Crippen LogP contribution in [0.1, 0.15) is 19.3 Å². The summed E-state index contributed by atoms with van der Waals surface area (Å²) in [7, 11) is 0. The molecule has 3 N–H and O–H groups in total. The van der Waals surface area contributed by atoms with Gasteiger partial charge in [-0.25, -0.2) is 9.78 Å². The molecule has 1 atom stereocenters. The molecule has 3 amide bonds. The van der Waals surface area contributed by atoms with Crippen molar-refractivity contribution in [2.45, 2.75) is 31.1 Å². The summed E-state index contributed by atoms with van der Waals surface area (Å²) in [6.07, 6.45) is -5.97. The Balaban J connectivity index is 1.66. The summed E-state index contributed by atoms with van der Waals surface area (Å²) in [6.45, 7) is 0.349. The number of hydrogen-bond donors (Lipinski definition) is 3. The van der Waals surface area contributed by atoms with Crippen molar-refractivity contribution in [3.8, 4) is 0 Å². The van der Waals surface area contributed by atoms with Crippen LogP contribution in [0.3, 0.4) is 0 Å². The zero-order chi connectivity index (χ0) is 23.4. The quantitative estimate of drug-likeness (QED) is 0.605. The number of piperidine rings is 1. The van der Waals surface area contributed by atoms with E-state index < -0.39 is 35.7 Å². The fourth-order valence-corrected chi connectivity index (χ4v) is 4.39. The van der Waals surface area contributed by atoms with Gasteiger partial charge in [-0.3, -0.25) is 19.5 Å². The number of nitrogens with zero attached hydrogens (tertiary/aromatic N) is 3. The number of halogens is 5. The normalized spacial score (nSPS) is 21.5. The first-order valence-corrected chi connectivity index (χ1v) is 10.2. The van der Waals surface area contributed by atoms with Gasteiger partial charge in [0.2, 0.25) is 11.9 Å². The Hall–Kier alpha value is -2.73. The zero-order valence-electron chi connectivity index (χ0n) is 16.2. The zero-order valence-corrected chi connectivity index (χ0v) is 17.7. The standard InChI is InChI=1S/C18H16Cl2F3N5O4/c19-9-6-11-12(7-10(9)20)28-15(24-11)25-14(30)17(28,18(21,22)23)26-13(29)5-8-1-3-27(4-2-8)16(31)32/h6-8H,1-5H2,(H,26,29)(H,31,32)(H,24,25,30). The summed E-state index contributed by atoms with van der Waals surface area (Å²) in [5, 5.41) is 13.0. The molecule has 0 bridgehead atoms. The molecule has 32 heavy (non-hydrogen) atoms. The van der Waals surface area contributed by atoms with Crippen LogP contribution in [0.15, 0.2) is 12.1 Å². The van der Waals surface area contributed by atoms with E-state index in [1.807, 2.05) is 5.32 Å². The largest absolute Gasteiger partial charge is 0.465 e. The van der Waals surface area contributed by atoms with Crippen molar-refractivity contribution in [1.82, 2.24) is 19.8 Å². The molecule has 4 rings (SSSR count). The van der Waals surface area contributed by atoms with Crippen molar-refractivity contribution >= 4 is 58.1 Å².